The van der Waals surface area contributed by atoms with Crippen LogP contribution in [-0.4, -0.2) is 18.7 Å². The van der Waals surface area contributed by atoms with Gasteiger partial charge in [0.05, 0.1) is 12.0 Å². The number of hydrogen-bond acceptors (Lipinski definition) is 3. The van der Waals surface area contributed by atoms with Gasteiger partial charge in [0.25, 0.3) is 5.56 Å². The Balaban J connectivity index is 1.98. The Hall–Kier alpha value is -3.48. The van der Waals surface area contributed by atoms with Crippen LogP contribution in [0.2, 0.25) is 0 Å². The van der Waals surface area contributed by atoms with Crippen molar-refractivity contribution in [2.75, 3.05) is 0 Å². The minimum Gasteiger partial charge on any atom is -0.320 e. The molecule has 0 saturated heterocycles. The zero-order valence-corrected chi connectivity index (χ0v) is 17.9. The van der Waals surface area contributed by atoms with Crippen molar-refractivity contribution in [3.05, 3.63) is 92.6 Å². The Morgan fingerprint density at radius 3 is 2.55 bits per heavy atom. The van der Waals surface area contributed by atoms with Gasteiger partial charge >= 0.3 is 5.69 Å². The van der Waals surface area contributed by atoms with Crippen LogP contribution in [0.5, 0.6) is 0 Å². The molecule has 0 saturated carbocycles. The van der Waals surface area contributed by atoms with E-state index in [0.29, 0.717) is 41.3 Å². The summed E-state index contributed by atoms with van der Waals surface area (Å²) in [6.07, 6.45) is 2.24. The van der Waals surface area contributed by atoms with E-state index in [9.17, 15) is 14.0 Å². The van der Waals surface area contributed by atoms with Crippen molar-refractivity contribution in [3.63, 3.8) is 0 Å². The maximum Gasteiger partial charge on any atom is 0.337 e. The summed E-state index contributed by atoms with van der Waals surface area (Å²) < 4.78 is 18.2. The van der Waals surface area contributed by atoms with Gasteiger partial charge < -0.3 is 4.57 Å². The molecule has 0 aliphatic heterocycles. The first kappa shape index (κ1) is 20.8. The van der Waals surface area contributed by atoms with Gasteiger partial charge in [-0.15, -0.1) is 0 Å². The molecule has 0 spiro atoms. The van der Waals surface area contributed by atoms with E-state index in [4.69, 9.17) is 0 Å². The molecular formula is C24H25FN4O2. The molecule has 0 aliphatic carbocycles. The van der Waals surface area contributed by atoms with Crippen molar-refractivity contribution >= 4 is 11.2 Å². The Morgan fingerprint density at radius 1 is 1.06 bits per heavy atom. The fraction of sp³-hybridized carbons (Fsp3) is 0.292. The first-order valence-electron chi connectivity index (χ1n) is 10.4. The number of para-hydroxylation sites is 1. The summed E-state index contributed by atoms with van der Waals surface area (Å²) in [5, 5.41) is 0. The lowest BCUT2D eigenvalue weighted by Crippen LogP contribution is -2.40. The Morgan fingerprint density at radius 2 is 1.84 bits per heavy atom. The highest BCUT2D eigenvalue weighted by Gasteiger charge is 2.20. The summed E-state index contributed by atoms with van der Waals surface area (Å²) in [6.45, 7) is 6.62. The third kappa shape index (κ3) is 3.95. The molecule has 0 fully saturated rings. The first-order valence-corrected chi connectivity index (χ1v) is 10.4. The van der Waals surface area contributed by atoms with Crippen LogP contribution in [0, 0.1) is 18.7 Å². The lowest BCUT2D eigenvalue weighted by molar-refractivity contribution is 0.491. The summed E-state index contributed by atoms with van der Waals surface area (Å²) in [7, 11) is 0. The van der Waals surface area contributed by atoms with Gasteiger partial charge in [-0.2, -0.15) is 0 Å². The average Bonchev–Trinajstić information content (AvgIpc) is 3.12. The van der Waals surface area contributed by atoms with E-state index in [2.05, 4.69) is 18.8 Å². The predicted molar refractivity (Wildman–Crippen MR) is 119 cm³/mol. The second kappa shape index (κ2) is 8.34. The molecule has 2 aromatic carbocycles. The van der Waals surface area contributed by atoms with Gasteiger partial charge in [-0.05, 0) is 48.6 Å². The summed E-state index contributed by atoms with van der Waals surface area (Å²) in [6, 6.07) is 13.8. The number of fused-ring (bicyclic) bond motifs is 1. The van der Waals surface area contributed by atoms with Gasteiger partial charge in [-0.25, -0.2) is 18.7 Å². The van der Waals surface area contributed by atoms with Crippen LogP contribution >= 0.6 is 0 Å². The fourth-order valence-electron chi connectivity index (χ4n) is 3.75. The Bertz CT molecular complexity index is 1360. The topological polar surface area (TPSA) is 61.8 Å². The third-order valence-electron chi connectivity index (χ3n) is 5.43. The van der Waals surface area contributed by atoms with Gasteiger partial charge in [-0.3, -0.25) is 9.36 Å². The number of imidazole rings is 1. The molecule has 6 nitrogen and oxygen atoms in total. The highest BCUT2D eigenvalue weighted by Crippen LogP contribution is 2.18. The molecule has 4 aromatic rings. The van der Waals surface area contributed by atoms with E-state index in [0.717, 1.165) is 5.56 Å². The number of rotatable bonds is 6. The second-order valence-corrected chi connectivity index (χ2v) is 8.22. The summed E-state index contributed by atoms with van der Waals surface area (Å²) in [5.74, 6) is -0.000743. The largest absolute Gasteiger partial charge is 0.337 e. The van der Waals surface area contributed by atoms with Crippen LogP contribution in [0.1, 0.15) is 31.4 Å². The normalized spacial score (nSPS) is 11.5. The average molecular weight is 420 g/mol. The maximum absolute atomic E-state index is 13.7. The van der Waals surface area contributed by atoms with Crippen LogP contribution in [0.15, 0.2) is 64.4 Å². The monoisotopic (exact) mass is 420 g/mol. The molecule has 0 amide bonds. The molecule has 0 aliphatic rings. The Labute approximate surface area is 179 Å². The highest BCUT2D eigenvalue weighted by atomic mass is 19.1. The third-order valence-corrected chi connectivity index (χ3v) is 5.43. The van der Waals surface area contributed by atoms with E-state index >= 15 is 0 Å². The number of aromatic nitrogens is 4. The molecule has 0 unspecified atom stereocenters. The standard InChI is InChI=1S/C24H25FN4O2/c1-16(2)11-12-28-23(30)21-22(29(24(28)31)20-10-5-4-7-17(20)3)26-15-27(21)14-18-8-6-9-19(25)13-18/h4-10,13,15-16H,11-12,14H2,1-3H3. The molecule has 4 rings (SSSR count). The zero-order chi connectivity index (χ0) is 22.1. The minimum absolute atomic E-state index is 0.277. The quantitative estimate of drug-likeness (QED) is 0.475. The molecular weight excluding hydrogens is 395 g/mol. The summed E-state index contributed by atoms with van der Waals surface area (Å²) >= 11 is 0. The van der Waals surface area contributed by atoms with Crippen molar-refractivity contribution in [2.24, 2.45) is 5.92 Å². The van der Waals surface area contributed by atoms with Crippen LogP contribution in [0.4, 0.5) is 4.39 Å². The van der Waals surface area contributed by atoms with Crippen LogP contribution in [0.25, 0.3) is 16.9 Å². The van der Waals surface area contributed by atoms with Gasteiger partial charge in [0, 0.05) is 13.1 Å². The summed E-state index contributed by atoms with van der Waals surface area (Å²) in [5.41, 5.74) is 2.16. The van der Waals surface area contributed by atoms with Gasteiger partial charge in [-0.1, -0.05) is 44.2 Å². The summed E-state index contributed by atoms with van der Waals surface area (Å²) in [4.78, 5) is 31.2. The van der Waals surface area contributed by atoms with Gasteiger partial charge in [0.2, 0.25) is 0 Å². The van der Waals surface area contributed by atoms with E-state index in [1.165, 1.54) is 27.6 Å². The van der Waals surface area contributed by atoms with Crippen molar-refractivity contribution < 1.29 is 4.39 Å². The number of halogens is 1. The molecule has 0 atom stereocenters. The molecule has 0 bridgehead atoms. The van der Waals surface area contributed by atoms with Crippen molar-refractivity contribution in [1.29, 1.82) is 0 Å². The van der Waals surface area contributed by atoms with Crippen molar-refractivity contribution in [3.8, 4) is 5.69 Å². The van der Waals surface area contributed by atoms with E-state index in [1.54, 1.807) is 16.7 Å². The molecule has 2 heterocycles. The lowest BCUT2D eigenvalue weighted by atomic mass is 10.1. The van der Waals surface area contributed by atoms with Gasteiger partial charge in [0.1, 0.15) is 5.82 Å². The smallest absolute Gasteiger partial charge is 0.320 e. The van der Waals surface area contributed by atoms with E-state index < -0.39 is 5.69 Å². The maximum atomic E-state index is 13.7. The number of aryl methyl sites for hydroxylation is 1. The predicted octanol–water partition coefficient (Wildman–Crippen LogP) is 3.89. The second-order valence-electron chi connectivity index (χ2n) is 8.22. The fourth-order valence-corrected chi connectivity index (χ4v) is 3.75. The van der Waals surface area contributed by atoms with Crippen molar-refractivity contribution in [2.45, 2.75) is 40.3 Å². The molecule has 2 aromatic heterocycles. The molecule has 160 valence electrons. The van der Waals surface area contributed by atoms with E-state index in [1.807, 2.05) is 31.2 Å². The van der Waals surface area contributed by atoms with Crippen LogP contribution in [-0.2, 0) is 13.1 Å². The van der Waals surface area contributed by atoms with Crippen molar-refractivity contribution in [1.82, 2.24) is 18.7 Å². The Kier molecular flexibility index (Phi) is 5.59. The number of benzene rings is 2. The van der Waals surface area contributed by atoms with E-state index in [-0.39, 0.29) is 17.9 Å². The zero-order valence-electron chi connectivity index (χ0n) is 17.9. The minimum atomic E-state index is -0.400. The lowest BCUT2D eigenvalue weighted by Gasteiger charge is -2.15. The first-order chi connectivity index (χ1) is 14.9. The van der Waals surface area contributed by atoms with Gasteiger partial charge in [0.15, 0.2) is 11.2 Å². The molecule has 31 heavy (non-hydrogen) atoms. The van der Waals surface area contributed by atoms with Crippen LogP contribution in [0.3, 0.4) is 0 Å². The molecule has 7 heteroatoms. The van der Waals surface area contributed by atoms with Crippen LogP contribution < -0.4 is 11.2 Å². The highest BCUT2D eigenvalue weighted by molar-refractivity contribution is 5.73. The SMILES string of the molecule is Cc1ccccc1-n1c(=O)n(CCC(C)C)c(=O)c2c1ncn2Cc1cccc(F)c1. The number of hydrogen-bond donors (Lipinski definition) is 0. The molecule has 0 radical (unpaired) electrons. The number of nitrogens with zero attached hydrogens (tertiary/aromatic N) is 4. The molecule has 0 N–H and O–H groups in total.